The number of carbonyl (C=O) groups is 1. The summed E-state index contributed by atoms with van der Waals surface area (Å²) in [5.74, 6) is -1.43. The maximum Gasteiger partial charge on any atom is 0.510 e. The predicted molar refractivity (Wildman–Crippen MR) is 119 cm³/mol. The first-order valence-corrected chi connectivity index (χ1v) is 11.5. The number of rotatable bonds is 10. The summed E-state index contributed by atoms with van der Waals surface area (Å²) in [5.41, 5.74) is 4.21. The van der Waals surface area contributed by atoms with Gasteiger partial charge in [-0.15, -0.1) is 4.52 Å². The second-order valence-electron chi connectivity index (χ2n) is 7.48. The van der Waals surface area contributed by atoms with Crippen molar-refractivity contribution in [1.29, 1.82) is 0 Å². The van der Waals surface area contributed by atoms with E-state index in [-0.39, 0.29) is 18.6 Å². The van der Waals surface area contributed by atoms with Crippen LogP contribution in [-0.2, 0) is 20.3 Å². The molecular formula is C24H25FO5P+. The van der Waals surface area contributed by atoms with Gasteiger partial charge in [0, 0.05) is 0 Å². The Morgan fingerprint density at radius 1 is 1.16 bits per heavy atom. The smallest absolute Gasteiger partial charge is 0.481 e. The molecule has 31 heavy (non-hydrogen) atoms. The minimum Gasteiger partial charge on any atom is -0.481 e. The largest absolute Gasteiger partial charge is 0.510 e. The standard InChI is InChI=1S/C24H24FO5P/c1-16-13-18-5-2-3-6-22(18)24(17-8-10-19(25)11-9-17)21(16)7-4-12-30-31(29)15-20(26)14-23(27)28/h2-3,5-6,8-11,13,20,26H,4,7,12,14-15H2,1H3/p+1/t20-/m0/s1. The summed E-state index contributed by atoms with van der Waals surface area (Å²) in [5, 5.41) is 20.4. The number of carboxylic acid groups (broad SMARTS) is 1. The molecule has 0 aliphatic carbocycles. The third kappa shape index (κ3) is 6.17. The monoisotopic (exact) mass is 443 g/mol. The fraction of sp³-hybridized carbons (Fsp3) is 0.292. The Kier molecular flexibility index (Phi) is 7.85. The number of fused-ring (bicyclic) bond motifs is 1. The van der Waals surface area contributed by atoms with Crippen LogP contribution in [0.2, 0.25) is 0 Å². The minimum atomic E-state index is -2.13. The summed E-state index contributed by atoms with van der Waals surface area (Å²) in [4.78, 5) is 10.6. The molecule has 3 aromatic carbocycles. The van der Waals surface area contributed by atoms with Crippen molar-refractivity contribution in [3.05, 3.63) is 71.5 Å². The van der Waals surface area contributed by atoms with E-state index < -0.39 is 26.5 Å². The van der Waals surface area contributed by atoms with Gasteiger partial charge in [0.25, 0.3) is 0 Å². The molecular weight excluding hydrogens is 418 g/mol. The molecule has 0 spiro atoms. The Hall–Kier alpha value is -2.66. The summed E-state index contributed by atoms with van der Waals surface area (Å²) in [7, 11) is -2.13. The summed E-state index contributed by atoms with van der Waals surface area (Å²) >= 11 is 0. The van der Waals surface area contributed by atoms with Crippen molar-refractivity contribution in [3.8, 4) is 11.1 Å². The van der Waals surface area contributed by atoms with E-state index in [4.69, 9.17) is 9.63 Å². The summed E-state index contributed by atoms with van der Waals surface area (Å²) in [6.45, 7) is 2.27. The van der Waals surface area contributed by atoms with Gasteiger partial charge in [0.2, 0.25) is 6.16 Å². The molecule has 7 heteroatoms. The van der Waals surface area contributed by atoms with Crippen molar-refractivity contribution in [3.63, 3.8) is 0 Å². The van der Waals surface area contributed by atoms with Crippen LogP contribution in [0.3, 0.4) is 0 Å². The fourth-order valence-electron chi connectivity index (χ4n) is 3.71. The molecule has 0 bridgehead atoms. The van der Waals surface area contributed by atoms with Crippen LogP contribution < -0.4 is 0 Å². The molecule has 2 atom stereocenters. The Bertz CT molecular complexity index is 1080. The van der Waals surface area contributed by atoms with Crippen LogP contribution in [0.4, 0.5) is 4.39 Å². The van der Waals surface area contributed by atoms with E-state index in [0.717, 1.165) is 33.0 Å². The lowest BCUT2D eigenvalue weighted by atomic mass is 9.88. The van der Waals surface area contributed by atoms with Gasteiger partial charge in [0.15, 0.2) is 0 Å². The number of hydrogen-bond donors (Lipinski definition) is 2. The van der Waals surface area contributed by atoms with Gasteiger partial charge >= 0.3 is 14.0 Å². The molecule has 3 rings (SSSR count). The zero-order chi connectivity index (χ0) is 22.4. The van der Waals surface area contributed by atoms with Crippen molar-refractivity contribution in [2.45, 2.75) is 32.3 Å². The highest BCUT2D eigenvalue weighted by Gasteiger charge is 2.25. The summed E-state index contributed by atoms with van der Waals surface area (Å²) < 4.78 is 30.7. The number of aryl methyl sites for hydroxylation is 1. The molecule has 3 aromatic rings. The van der Waals surface area contributed by atoms with Gasteiger partial charge in [0.1, 0.15) is 18.5 Å². The van der Waals surface area contributed by atoms with E-state index in [0.29, 0.717) is 12.8 Å². The Balaban J connectivity index is 1.75. The highest BCUT2D eigenvalue weighted by atomic mass is 31.1. The average molecular weight is 443 g/mol. The van der Waals surface area contributed by atoms with Gasteiger partial charge in [-0.1, -0.05) is 42.5 Å². The molecule has 0 heterocycles. The number of hydrogen-bond acceptors (Lipinski definition) is 4. The second-order valence-corrected chi connectivity index (χ2v) is 8.77. The highest BCUT2D eigenvalue weighted by Crippen LogP contribution is 2.35. The molecule has 5 nitrogen and oxygen atoms in total. The number of aliphatic carboxylic acids is 1. The van der Waals surface area contributed by atoms with E-state index >= 15 is 0 Å². The van der Waals surface area contributed by atoms with Gasteiger partial charge in [-0.3, -0.25) is 4.79 Å². The average Bonchev–Trinajstić information content (AvgIpc) is 2.71. The molecule has 0 saturated heterocycles. The van der Waals surface area contributed by atoms with Crippen molar-refractivity contribution < 1.29 is 28.5 Å². The zero-order valence-electron chi connectivity index (χ0n) is 17.3. The van der Waals surface area contributed by atoms with Crippen LogP contribution in [0.1, 0.15) is 24.0 Å². The van der Waals surface area contributed by atoms with Gasteiger partial charge in [-0.2, -0.15) is 0 Å². The molecule has 2 N–H and O–H groups in total. The van der Waals surface area contributed by atoms with Gasteiger partial charge < -0.3 is 10.2 Å². The van der Waals surface area contributed by atoms with Crippen molar-refractivity contribution in [2.24, 2.45) is 0 Å². The lowest BCUT2D eigenvalue weighted by molar-refractivity contribution is -0.138. The molecule has 0 fully saturated rings. The first-order valence-electron chi connectivity index (χ1n) is 10.1. The van der Waals surface area contributed by atoms with Crippen molar-refractivity contribution in [2.75, 3.05) is 12.8 Å². The number of halogens is 1. The summed E-state index contributed by atoms with van der Waals surface area (Å²) in [6, 6.07) is 16.6. The van der Waals surface area contributed by atoms with Crippen LogP contribution in [0.5, 0.6) is 0 Å². The van der Waals surface area contributed by atoms with Crippen LogP contribution in [-0.4, -0.2) is 35.1 Å². The van der Waals surface area contributed by atoms with Crippen LogP contribution >= 0.6 is 8.03 Å². The Morgan fingerprint density at radius 2 is 1.87 bits per heavy atom. The molecule has 0 aromatic heterocycles. The molecule has 0 aliphatic heterocycles. The number of benzene rings is 3. The van der Waals surface area contributed by atoms with E-state index in [1.165, 1.54) is 12.1 Å². The molecule has 0 aliphatic rings. The number of aliphatic hydroxyl groups excluding tert-OH is 1. The Labute approximate surface area is 181 Å². The van der Waals surface area contributed by atoms with E-state index in [2.05, 4.69) is 12.1 Å². The van der Waals surface area contributed by atoms with E-state index in [1.54, 1.807) is 12.1 Å². The number of aliphatic hydroxyl groups is 1. The van der Waals surface area contributed by atoms with Gasteiger partial charge in [-0.05, 0) is 69.5 Å². The topological polar surface area (TPSA) is 83.8 Å². The van der Waals surface area contributed by atoms with Crippen molar-refractivity contribution in [1.82, 2.24) is 0 Å². The van der Waals surface area contributed by atoms with E-state index in [1.807, 2.05) is 25.1 Å². The normalized spacial score (nSPS) is 12.7. The Morgan fingerprint density at radius 3 is 2.58 bits per heavy atom. The van der Waals surface area contributed by atoms with Crippen LogP contribution in [0.25, 0.3) is 21.9 Å². The number of carboxylic acids is 1. The molecule has 0 radical (unpaired) electrons. The summed E-state index contributed by atoms with van der Waals surface area (Å²) in [6.07, 6.45) is -0.568. The molecule has 1 unspecified atom stereocenters. The van der Waals surface area contributed by atoms with Crippen LogP contribution in [0.15, 0.2) is 54.6 Å². The van der Waals surface area contributed by atoms with Crippen LogP contribution in [0, 0.1) is 12.7 Å². The third-order valence-corrected chi connectivity index (χ3v) is 6.28. The predicted octanol–water partition coefficient (Wildman–Crippen LogP) is 5.48. The molecule has 162 valence electrons. The van der Waals surface area contributed by atoms with Crippen molar-refractivity contribution >= 4 is 24.8 Å². The maximum absolute atomic E-state index is 13.5. The lowest BCUT2D eigenvalue weighted by Crippen LogP contribution is -2.15. The fourth-order valence-corrected chi connectivity index (χ4v) is 4.62. The first-order chi connectivity index (χ1) is 14.8. The SMILES string of the molecule is Cc1cc2ccccc2c(-c2ccc(F)cc2)c1CCCO[P+](=O)C[C@@H](O)CC(=O)O. The van der Waals surface area contributed by atoms with E-state index in [9.17, 15) is 18.9 Å². The third-order valence-electron chi connectivity index (χ3n) is 5.09. The van der Waals surface area contributed by atoms with Gasteiger partial charge in [0.05, 0.1) is 6.42 Å². The molecule has 0 saturated carbocycles. The zero-order valence-corrected chi connectivity index (χ0v) is 18.1. The molecule has 0 amide bonds. The first kappa shape index (κ1) is 23.0. The lowest BCUT2D eigenvalue weighted by Gasteiger charge is -2.16. The highest BCUT2D eigenvalue weighted by molar-refractivity contribution is 7.39. The minimum absolute atomic E-state index is 0.197. The second kappa shape index (κ2) is 10.6. The maximum atomic E-state index is 13.5. The van der Waals surface area contributed by atoms with Gasteiger partial charge in [-0.25, -0.2) is 4.39 Å². The quantitative estimate of drug-likeness (QED) is 0.320.